The smallest absolute Gasteiger partial charge is 0.194 e. The molecule has 1 N–H and O–H groups in total. The Morgan fingerprint density at radius 1 is 1.13 bits per heavy atom. The number of nitrogens with zero attached hydrogens (tertiary/aromatic N) is 4. The zero-order chi connectivity index (χ0) is 21.0. The van der Waals surface area contributed by atoms with E-state index in [0.29, 0.717) is 0 Å². The Balaban J connectivity index is 0.00000320. The number of nitrogens with one attached hydrogen (secondary N) is 1. The summed E-state index contributed by atoms with van der Waals surface area (Å²) in [5, 5.41) is 8.25. The normalized spacial score (nSPS) is 13.5. The summed E-state index contributed by atoms with van der Waals surface area (Å²) < 4.78 is 12.9. The third-order valence-electron chi connectivity index (χ3n) is 5.68. The molecule has 0 atom stereocenters. The van der Waals surface area contributed by atoms with Crippen LogP contribution in [0.3, 0.4) is 0 Å². The first-order valence-corrected chi connectivity index (χ1v) is 10.3. The number of aromatic nitrogens is 2. The topological polar surface area (TPSA) is 63.9 Å². The molecular weight excluding hydrogens is 493 g/mol. The monoisotopic (exact) mass is 527 g/mol. The van der Waals surface area contributed by atoms with E-state index in [1.165, 1.54) is 22.4 Å². The van der Waals surface area contributed by atoms with Crippen LogP contribution in [0.1, 0.15) is 41.9 Å². The summed E-state index contributed by atoms with van der Waals surface area (Å²) >= 11 is 0. The van der Waals surface area contributed by atoms with Crippen LogP contribution < -0.4 is 14.8 Å². The highest BCUT2D eigenvalue weighted by Gasteiger charge is 2.22. The second-order valence-corrected chi connectivity index (χ2v) is 7.25. The highest BCUT2D eigenvalue weighted by molar-refractivity contribution is 14.0. The van der Waals surface area contributed by atoms with E-state index in [1.807, 2.05) is 18.8 Å². The number of fused-ring (bicyclic) bond motifs is 1. The van der Waals surface area contributed by atoms with Crippen LogP contribution >= 0.6 is 24.0 Å². The van der Waals surface area contributed by atoms with Crippen molar-refractivity contribution in [3.8, 4) is 11.5 Å². The maximum atomic E-state index is 5.48. The highest BCUT2D eigenvalue weighted by atomic mass is 127. The van der Waals surface area contributed by atoms with E-state index in [9.17, 15) is 0 Å². The van der Waals surface area contributed by atoms with Gasteiger partial charge in [-0.15, -0.1) is 24.0 Å². The molecule has 30 heavy (non-hydrogen) atoms. The van der Waals surface area contributed by atoms with Gasteiger partial charge in [0.15, 0.2) is 17.5 Å². The van der Waals surface area contributed by atoms with E-state index < -0.39 is 0 Å². The summed E-state index contributed by atoms with van der Waals surface area (Å²) in [5.41, 5.74) is 6.30. The van der Waals surface area contributed by atoms with Gasteiger partial charge in [0.05, 0.1) is 19.9 Å². The minimum Gasteiger partial charge on any atom is -0.493 e. The minimum atomic E-state index is 0. The van der Waals surface area contributed by atoms with Gasteiger partial charge in [0.2, 0.25) is 0 Å². The minimum absolute atomic E-state index is 0. The standard InChI is InChI=1S/C22H33N5O2.HI/c1-7-18-17(19(8-2)26(4)25-18)13-24-22(23-3)27-10-9-15-11-20(28-5)21(29-6)12-16(15)14-27;/h11-12H,7-10,13-14H2,1-6H3,(H,23,24);1H. The van der Waals surface area contributed by atoms with Crippen LogP contribution in [0, 0.1) is 0 Å². The zero-order valence-corrected chi connectivity index (χ0v) is 21.2. The molecule has 0 saturated carbocycles. The SMILES string of the molecule is CCc1nn(C)c(CC)c1CNC(=NC)N1CCc2cc(OC)c(OC)cc2C1.I. The fraction of sp³-hybridized carbons (Fsp3) is 0.545. The van der Waals surface area contributed by atoms with Crippen LogP contribution in [-0.4, -0.2) is 48.5 Å². The number of guanidine groups is 1. The Morgan fingerprint density at radius 3 is 2.37 bits per heavy atom. The van der Waals surface area contributed by atoms with Crippen molar-refractivity contribution in [2.45, 2.75) is 46.2 Å². The Kier molecular flexibility index (Phi) is 8.81. The molecule has 0 unspecified atom stereocenters. The molecule has 7 nitrogen and oxygen atoms in total. The molecule has 0 amide bonds. The van der Waals surface area contributed by atoms with Gasteiger partial charge in [-0.05, 0) is 42.5 Å². The number of benzene rings is 1. The molecule has 0 spiro atoms. The lowest BCUT2D eigenvalue weighted by atomic mass is 9.99. The average molecular weight is 527 g/mol. The van der Waals surface area contributed by atoms with Crippen LogP contribution in [0.5, 0.6) is 11.5 Å². The summed E-state index contributed by atoms with van der Waals surface area (Å²) in [7, 11) is 7.23. The molecular formula is C22H34IN5O2. The van der Waals surface area contributed by atoms with E-state index in [2.05, 4.69) is 46.3 Å². The predicted octanol–water partition coefficient (Wildman–Crippen LogP) is 3.31. The van der Waals surface area contributed by atoms with Crippen LogP contribution in [0.25, 0.3) is 0 Å². The lowest BCUT2D eigenvalue weighted by Crippen LogP contribution is -2.43. The Labute approximate surface area is 196 Å². The maximum Gasteiger partial charge on any atom is 0.194 e. The molecule has 1 aliphatic rings. The third kappa shape index (κ3) is 4.84. The van der Waals surface area contributed by atoms with Crippen molar-refractivity contribution in [2.24, 2.45) is 12.0 Å². The zero-order valence-electron chi connectivity index (χ0n) is 18.9. The molecule has 8 heteroatoms. The number of ether oxygens (including phenoxy) is 2. The molecule has 1 aromatic heterocycles. The van der Waals surface area contributed by atoms with Gasteiger partial charge in [0.25, 0.3) is 0 Å². The Morgan fingerprint density at radius 2 is 1.80 bits per heavy atom. The number of halogens is 1. The Bertz CT molecular complexity index is 894. The van der Waals surface area contributed by atoms with E-state index in [1.54, 1.807) is 14.2 Å². The van der Waals surface area contributed by atoms with E-state index in [4.69, 9.17) is 9.47 Å². The number of aliphatic imine (C=N–C) groups is 1. The van der Waals surface area contributed by atoms with Crippen molar-refractivity contribution in [3.63, 3.8) is 0 Å². The first-order valence-electron chi connectivity index (χ1n) is 10.3. The van der Waals surface area contributed by atoms with Crippen LogP contribution in [-0.2, 0) is 39.4 Å². The fourth-order valence-corrected chi connectivity index (χ4v) is 4.16. The van der Waals surface area contributed by atoms with Crippen molar-refractivity contribution in [3.05, 3.63) is 40.2 Å². The van der Waals surface area contributed by atoms with Gasteiger partial charge in [0, 0.05) is 45.0 Å². The Hall–Kier alpha value is -1.97. The number of aryl methyl sites for hydroxylation is 2. The van der Waals surface area contributed by atoms with Crippen molar-refractivity contribution < 1.29 is 9.47 Å². The van der Waals surface area contributed by atoms with Crippen molar-refractivity contribution in [2.75, 3.05) is 27.8 Å². The van der Waals surface area contributed by atoms with Crippen LogP contribution in [0.2, 0.25) is 0 Å². The van der Waals surface area contributed by atoms with Crippen LogP contribution in [0.15, 0.2) is 17.1 Å². The number of rotatable bonds is 6. The quantitative estimate of drug-likeness (QED) is 0.355. The molecule has 3 rings (SSSR count). The van der Waals surface area contributed by atoms with Crippen molar-refractivity contribution >= 4 is 29.9 Å². The summed E-state index contributed by atoms with van der Waals surface area (Å²) in [6.07, 6.45) is 2.85. The largest absolute Gasteiger partial charge is 0.493 e. The molecule has 1 aromatic carbocycles. The molecule has 0 bridgehead atoms. The van der Waals surface area contributed by atoms with E-state index in [-0.39, 0.29) is 24.0 Å². The molecule has 0 radical (unpaired) electrons. The number of hydrogen-bond donors (Lipinski definition) is 1. The molecule has 2 aromatic rings. The molecule has 1 aliphatic heterocycles. The predicted molar refractivity (Wildman–Crippen MR) is 131 cm³/mol. The lowest BCUT2D eigenvalue weighted by Gasteiger charge is -2.32. The van der Waals surface area contributed by atoms with Gasteiger partial charge >= 0.3 is 0 Å². The first-order chi connectivity index (χ1) is 14.1. The summed E-state index contributed by atoms with van der Waals surface area (Å²) in [5.74, 6) is 2.47. The second-order valence-electron chi connectivity index (χ2n) is 7.25. The molecule has 166 valence electrons. The van der Waals surface area contributed by atoms with Gasteiger partial charge in [0.1, 0.15) is 0 Å². The molecule has 0 saturated heterocycles. The van der Waals surface area contributed by atoms with Crippen molar-refractivity contribution in [1.82, 2.24) is 20.0 Å². The molecule has 0 aliphatic carbocycles. The van der Waals surface area contributed by atoms with Crippen molar-refractivity contribution in [1.29, 1.82) is 0 Å². The number of hydrogen-bond acceptors (Lipinski definition) is 4. The molecule has 0 fully saturated rings. The summed E-state index contributed by atoms with van der Waals surface area (Å²) in [6.45, 7) is 6.78. The fourth-order valence-electron chi connectivity index (χ4n) is 4.16. The van der Waals surface area contributed by atoms with E-state index >= 15 is 0 Å². The lowest BCUT2D eigenvalue weighted by molar-refractivity contribution is 0.346. The van der Waals surface area contributed by atoms with Gasteiger partial charge in [-0.25, -0.2) is 0 Å². The molecule has 2 heterocycles. The van der Waals surface area contributed by atoms with Crippen LogP contribution in [0.4, 0.5) is 0 Å². The van der Waals surface area contributed by atoms with Gasteiger partial charge in [-0.2, -0.15) is 5.10 Å². The van der Waals surface area contributed by atoms with Gasteiger partial charge in [-0.3, -0.25) is 9.67 Å². The van der Waals surface area contributed by atoms with E-state index in [0.717, 1.165) is 62.0 Å². The second kappa shape index (κ2) is 10.9. The summed E-state index contributed by atoms with van der Waals surface area (Å²) in [6, 6.07) is 4.18. The average Bonchev–Trinajstić information content (AvgIpc) is 3.07. The first kappa shape index (κ1) is 24.3. The third-order valence-corrected chi connectivity index (χ3v) is 5.68. The maximum absolute atomic E-state index is 5.48. The van der Waals surface area contributed by atoms with Gasteiger partial charge in [-0.1, -0.05) is 13.8 Å². The number of methoxy groups -OCH3 is 2. The highest BCUT2D eigenvalue weighted by Crippen LogP contribution is 2.33. The van der Waals surface area contributed by atoms with Gasteiger partial charge < -0.3 is 19.7 Å². The summed E-state index contributed by atoms with van der Waals surface area (Å²) in [4.78, 5) is 6.84.